The first-order valence-electron chi connectivity index (χ1n) is 12.0. The van der Waals surface area contributed by atoms with Crippen molar-refractivity contribution in [3.63, 3.8) is 0 Å². The van der Waals surface area contributed by atoms with Crippen LogP contribution >= 0.6 is 11.8 Å². The normalized spacial score (nSPS) is 17.0. The van der Waals surface area contributed by atoms with Crippen molar-refractivity contribution in [2.75, 3.05) is 49.9 Å². The average Bonchev–Trinajstić information content (AvgIpc) is 3.61. The van der Waals surface area contributed by atoms with Gasteiger partial charge in [-0.05, 0) is 37.5 Å². The molecule has 0 aliphatic carbocycles. The average molecular weight is 481 g/mol. The van der Waals surface area contributed by atoms with Crippen molar-refractivity contribution >= 4 is 23.6 Å². The third kappa shape index (κ3) is 5.47. The molecule has 34 heavy (non-hydrogen) atoms. The highest BCUT2D eigenvalue weighted by molar-refractivity contribution is 7.99. The third-order valence-corrected chi connectivity index (χ3v) is 7.47. The Morgan fingerprint density at radius 3 is 2.56 bits per heavy atom. The van der Waals surface area contributed by atoms with Crippen LogP contribution in [0.1, 0.15) is 29.7 Å². The summed E-state index contributed by atoms with van der Waals surface area (Å²) in [6.07, 6.45) is 4.03. The van der Waals surface area contributed by atoms with E-state index in [0.29, 0.717) is 12.3 Å². The minimum absolute atomic E-state index is 0.162. The van der Waals surface area contributed by atoms with Crippen molar-refractivity contribution in [3.8, 4) is 0 Å². The summed E-state index contributed by atoms with van der Waals surface area (Å²) in [5.41, 5.74) is 2.62. The predicted molar refractivity (Wildman–Crippen MR) is 133 cm³/mol. The Balaban J connectivity index is 1.17. The highest BCUT2D eigenvalue weighted by Crippen LogP contribution is 2.26. The molecule has 2 fully saturated rings. The van der Waals surface area contributed by atoms with E-state index in [9.17, 15) is 4.79 Å². The molecule has 8 nitrogen and oxygen atoms in total. The van der Waals surface area contributed by atoms with Crippen molar-refractivity contribution in [2.24, 2.45) is 0 Å². The SMILES string of the molecule is Cc1cccc(CN2CCN(C(=O)CSc3nnc(N4CCCC4)n3Cc3ccco3)CC2)c1. The van der Waals surface area contributed by atoms with Crippen LogP contribution in [0, 0.1) is 6.92 Å². The van der Waals surface area contributed by atoms with E-state index in [4.69, 9.17) is 4.42 Å². The van der Waals surface area contributed by atoms with E-state index in [1.807, 2.05) is 17.0 Å². The van der Waals surface area contributed by atoms with Crippen LogP contribution in [0.2, 0.25) is 0 Å². The topological polar surface area (TPSA) is 70.6 Å². The maximum atomic E-state index is 13.0. The number of thioether (sulfide) groups is 1. The maximum absolute atomic E-state index is 13.0. The zero-order valence-electron chi connectivity index (χ0n) is 19.7. The molecule has 4 heterocycles. The molecule has 2 aromatic heterocycles. The molecule has 0 unspecified atom stereocenters. The van der Waals surface area contributed by atoms with Crippen molar-refractivity contribution in [3.05, 3.63) is 59.5 Å². The van der Waals surface area contributed by atoms with Crippen molar-refractivity contribution in [1.82, 2.24) is 24.6 Å². The number of piperazine rings is 1. The number of carbonyl (C=O) groups is 1. The van der Waals surface area contributed by atoms with Crippen LogP contribution in [-0.2, 0) is 17.9 Å². The van der Waals surface area contributed by atoms with Gasteiger partial charge in [-0.15, -0.1) is 10.2 Å². The van der Waals surface area contributed by atoms with Crippen molar-refractivity contribution in [2.45, 2.75) is 38.0 Å². The summed E-state index contributed by atoms with van der Waals surface area (Å²) < 4.78 is 7.66. The number of benzene rings is 1. The number of furan rings is 1. The Kier molecular flexibility index (Phi) is 7.20. The zero-order valence-corrected chi connectivity index (χ0v) is 20.5. The van der Waals surface area contributed by atoms with E-state index >= 15 is 0 Å². The van der Waals surface area contributed by atoms with E-state index in [1.165, 1.54) is 35.7 Å². The van der Waals surface area contributed by atoms with Crippen LogP contribution in [0.4, 0.5) is 5.95 Å². The van der Waals surface area contributed by atoms with E-state index < -0.39 is 0 Å². The monoisotopic (exact) mass is 480 g/mol. The van der Waals surface area contributed by atoms with Gasteiger partial charge >= 0.3 is 0 Å². The number of amides is 1. The second-order valence-electron chi connectivity index (χ2n) is 9.08. The first-order chi connectivity index (χ1) is 16.7. The number of anilines is 1. The van der Waals surface area contributed by atoms with Gasteiger partial charge in [0, 0.05) is 45.8 Å². The number of aryl methyl sites for hydroxylation is 1. The fourth-order valence-corrected chi connectivity index (χ4v) is 5.51. The molecular weight excluding hydrogens is 448 g/mol. The quantitative estimate of drug-likeness (QED) is 0.458. The largest absolute Gasteiger partial charge is 0.467 e. The lowest BCUT2D eigenvalue weighted by Gasteiger charge is -2.34. The maximum Gasteiger partial charge on any atom is 0.233 e. The molecule has 0 bridgehead atoms. The zero-order chi connectivity index (χ0) is 23.3. The summed E-state index contributed by atoms with van der Waals surface area (Å²) in [6, 6.07) is 12.5. The molecule has 5 rings (SSSR count). The van der Waals surface area contributed by atoms with Gasteiger partial charge < -0.3 is 14.2 Å². The van der Waals surface area contributed by atoms with Crippen LogP contribution in [0.25, 0.3) is 0 Å². The van der Waals surface area contributed by atoms with Crippen molar-refractivity contribution in [1.29, 1.82) is 0 Å². The van der Waals surface area contributed by atoms with Gasteiger partial charge in [-0.2, -0.15) is 0 Å². The minimum atomic E-state index is 0.162. The number of carbonyl (C=O) groups excluding carboxylic acids is 1. The third-order valence-electron chi connectivity index (χ3n) is 6.52. The van der Waals surface area contributed by atoms with Crippen LogP contribution in [-0.4, -0.2) is 75.5 Å². The van der Waals surface area contributed by atoms with Gasteiger partial charge in [-0.1, -0.05) is 41.6 Å². The van der Waals surface area contributed by atoms with E-state index in [1.54, 1.807) is 6.26 Å². The minimum Gasteiger partial charge on any atom is -0.467 e. The number of hydrogen-bond acceptors (Lipinski definition) is 7. The lowest BCUT2D eigenvalue weighted by Crippen LogP contribution is -2.48. The van der Waals surface area contributed by atoms with E-state index in [0.717, 1.165) is 62.7 Å². The molecule has 2 aliphatic heterocycles. The fourth-order valence-electron chi connectivity index (χ4n) is 4.68. The first-order valence-corrected chi connectivity index (χ1v) is 13.0. The van der Waals surface area contributed by atoms with E-state index in [-0.39, 0.29) is 5.91 Å². The van der Waals surface area contributed by atoms with Crippen LogP contribution < -0.4 is 4.90 Å². The summed E-state index contributed by atoms with van der Waals surface area (Å²) in [5.74, 6) is 2.26. The molecule has 0 atom stereocenters. The molecule has 9 heteroatoms. The number of hydrogen-bond donors (Lipinski definition) is 0. The summed E-state index contributed by atoms with van der Waals surface area (Å²) in [7, 11) is 0. The fraction of sp³-hybridized carbons (Fsp3) is 0.480. The molecule has 0 saturated carbocycles. The molecule has 0 N–H and O–H groups in total. The molecule has 3 aromatic rings. The Morgan fingerprint density at radius 1 is 1.00 bits per heavy atom. The highest BCUT2D eigenvalue weighted by atomic mass is 32.2. The van der Waals surface area contributed by atoms with Crippen LogP contribution in [0.3, 0.4) is 0 Å². The van der Waals surface area contributed by atoms with Gasteiger partial charge in [0.15, 0.2) is 5.16 Å². The highest BCUT2D eigenvalue weighted by Gasteiger charge is 2.25. The van der Waals surface area contributed by atoms with Gasteiger partial charge in [0.05, 0.1) is 18.6 Å². The standard InChI is InChI=1S/C25H32N6O2S/c1-20-6-4-7-21(16-20)17-28-11-13-29(14-12-28)23(32)19-34-25-27-26-24(30-9-2-3-10-30)31(25)18-22-8-5-15-33-22/h4-8,15-16H,2-3,9-14,17-19H2,1H3. The summed E-state index contributed by atoms with van der Waals surface area (Å²) >= 11 is 1.47. The van der Waals surface area contributed by atoms with Gasteiger partial charge in [0.2, 0.25) is 11.9 Å². The van der Waals surface area contributed by atoms with Crippen molar-refractivity contribution < 1.29 is 9.21 Å². The predicted octanol–water partition coefficient (Wildman–Crippen LogP) is 3.26. The van der Waals surface area contributed by atoms with E-state index in [2.05, 4.69) is 55.8 Å². The lowest BCUT2D eigenvalue weighted by molar-refractivity contribution is -0.130. The molecule has 1 amide bonds. The smallest absolute Gasteiger partial charge is 0.233 e. The molecule has 0 radical (unpaired) electrons. The van der Waals surface area contributed by atoms with Gasteiger partial charge in [-0.3, -0.25) is 14.3 Å². The second kappa shape index (κ2) is 10.7. The number of aromatic nitrogens is 3. The van der Waals surface area contributed by atoms with Crippen LogP contribution in [0.15, 0.2) is 52.2 Å². The summed E-state index contributed by atoms with van der Waals surface area (Å²) in [6.45, 7) is 8.96. The summed E-state index contributed by atoms with van der Waals surface area (Å²) in [5, 5.41) is 9.68. The van der Waals surface area contributed by atoms with Gasteiger partial charge in [0.25, 0.3) is 0 Å². The molecule has 2 saturated heterocycles. The molecule has 1 aromatic carbocycles. The Morgan fingerprint density at radius 2 is 1.82 bits per heavy atom. The first kappa shape index (κ1) is 23.0. The second-order valence-corrected chi connectivity index (χ2v) is 10.0. The van der Waals surface area contributed by atoms with Gasteiger partial charge in [-0.25, -0.2) is 0 Å². The molecule has 0 spiro atoms. The molecule has 2 aliphatic rings. The Bertz CT molecular complexity index is 1080. The Hall–Kier alpha value is -2.78. The lowest BCUT2D eigenvalue weighted by atomic mass is 10.1. The molecular formula is C25H32N6O2S. The Labute approximate surface area is 204 Å². The summed E-state index contributed by atoms with van der Waals surface area (Å²) in [4.78, 5) is 19.7. The number of nitrogens with zero attached hydrogens (tertiary/aromatic N) is 6. The molecule has 180 valence electrons. The van der Waals surface area contributed by atoms with Crippen LogP contribution in [0.5, 0.6) is 0 Å². The van der Waals surface area contributed by atoms with Gasteiger partial charge in [0.1, 0.15) is 5.76 Å². The number of rotatable bonds is 8.